The Morgan fingerprint density at radius 3 is 2.29 bits per heavy atom. The van der Waals surface area contributed by atoms with Crippen molar-refractivity contribution in [3.63, 3.8) is 0 Å². The zero-order chi connectivity index (χ0) is 10.4. The van der Waals surface area contributed by atoms with Crippen LogP contribution in [-0.2, 0) is 6.42 Å². The average molecular weight is 229 g/mol. The molecule has 2 heteroatoms. The van der Waals surface area contributed by atoms with Gasteiger partial charge in [0.2, 0.25) is 0 Å². The van der Waals surface area contributed by atoms with Crippen LogP contribution in [0.2, 0.25) is 0 Å². The number of hydrogen-bond acceptors (Lipinski definition) is 0. The Bertz CT molecular complexity index is 263. The van der Waals surface area contributed by atoms with Gasteiger partial charge in [-0.1, -0.05) is 29.3 Å². The second-order valence-electron chi connectivity index (χ2n) is 3.84. The van der Waals surface area contributed by atoms with Gasteiger partial charge in [-0.3, -0.25) is 0 Å². The van der Waals surface area contributed by atoms with Crippen LogP contribution in [0.25, 0.3) is 0 Å². The van der Waals surface area contributed by atoms with Crippen LogP contribution in [-0.4, -0.2) is 6.16 Å². The van der Waals surface area contributed by atoms with E-state index in [-0.39, 0.29) is 0 Å². The largest absolute Gasteiger partial charge is 0.100 e. The molecule has 0 aliphatic carbocycles. The van der Waals surface area contributed by atoms with Crippen molar-refractivity contribution in [1.82, 2.24) is 0 Å². The van der Waals surface area contributed by atoms with Crippen molar-refractivity contribution in [2.75, 3.05) is 6.16 Å². The molecule has 0 saturated carbocycles. The minimum Gasteiger partial charge on any atom is -0.100 e. The summed E-state index contributed by atoms with van der Waals surface area (Å²) in [5, 5.41) is 0. The van der Waals surface area contributed by atoms with Gasteiger partial charge in [0.15, 0.2) is 0 Å². The fourth-order valence-corrected chi connectivity index (χ4v) is 2.52. The molecule has 0 heterocycles. The van der Waals surface area contributed by atoms with Gasteiger partial charge in [-0.15, -0.1) is 11.2 Å². The molecule has 1 atom stereocenters. The van der Waals surface area contributed by atoms with Gasteiger partial charge in [-0.05, 0) is 52.8 Å². The molecule has 1 unspecified atom stereocenters. The topological polar surface area (TPSA) is 0 Å². The van der Waals surface area contributed by atoms with E-state index in [1.54, 1.807) is 0 Å². The summed E-state index contributed by atoms with van der Waals surface area (Å²) in [7, 11) is 0.593. The summed E-state index contributed by atoms with van der Waals surface area (Å²) in [4.78, 5) is 0. The van der Waals surface area contributed by atoms with Gasteiger partial charge in [-0.25, -0.2) is 0 Å². The van der Waals surface area contributed by atoms with E-state index in [4.69, 9.17) is 11.2 Å². The molecule has 14 heavy (non-hydrogen) atoms. The molecular formula is C12H18ClP. The van der Waals surface area contributed by atoms with Crippen LogP contribution in [0.5, 0.6) is 0 Å². The van der Waals surface area contributed by atoms with E-state index in [2.05, 4.69) is 32.0 Å². The Kier molecular flexibility index (Phi) is 5.52. The first-order valence-electron chi connectivity index (χ1n) is 5.13. The van der Waals surface area contributed by atoms with E-state index in [0.29, 0.717) is 7.93 Å². The van der Waals surface area contributed by atoms with Crippen molar-refractivity contribution in [3.05, 3.63) is 34.9 Å². The first-order chi connectivity index (χ1) is 6.72. The Balaban J connectivity index is 2.42. The van der Waals surface area contributed by atoms with E-state index < -0.39 is 0 Å². The highest BCUT2D eigenvalue weighted by atomic mass is 35.7. The van der Waals surface area contributed by atoms with E-state index >= 15 is 0 Å². The van der Waals surface area contributed by atoms with Crippen LogP contribution in [0.15, 0.2) is 18.2 Å². The van der Waals surface area contributed by atoms with Gasteiger partial charge in [0.1, 0.15) is 0 Å². The third-order valence-electron chi connectivity index (χ3n) is 2.27. The summed E-state index contributed by atoms with van der Waals surface area (Å²) in [6, 6.07) is 6.80. The summed E-state index contributed by atoms with van der Waals surface area (Å²) in [6.07, 6.45) is 4.90. The van der Waals surface area contributed by atoms with Gasteiger partial charge in [0.05, 0.1) is 0 Å². The van der Waals surface area contributed by atoms with E-state index in [0.717, 1.165) is 0 Å². The van der Waals surface area contributed by atoms with Gasteiger partial charge in [0, 0.05) is 0 Å². The molecule has 0 aliphatic rings. The van der Waals surface area contributed by atoms with Crippen molar-refractivity contribution in [2.24, 2.45) is 0 Å². The summed E-state index contributed by atoms with van der Waals surface area (Å²) in [6.45, 7) is 4.33. The first kappa shape index (κ1) is 12.0. The minimum absolute atomic E-state index is 0.593. The monoisotopic (exact) mass is 228 g/mol. The lowest BCUT2D eigenvalue weighted by Gasteiger charge is -2.04. The van der Waals surface area contributed by atoms with Crippen LogP contribution in [0.3, 0.4) is 0 Å². The third-order valence-corrected chi connectivity index (χ3v) is 3.38. The van der Waals surface area contributed by atoms with Crippen molar-refractivity contribution >= 4 is 19.2 Å². The quantitative estimate of drug-likeness (QED) is 0.516. The normalized spacial score (nSPS) is 11.4. The van der Waals surface area contributed by atoms with Crippen LogP contribution in [0, 0.1) is 13.8 Å². The zero-order valence-electron chi connectivity index (χ0n) is 8.94. The van der Waals surface area contributed by atoms with Crippen molar-refractivity contribution < 1.29 is 0 Å². The number of rotatable bonds is 5. The molecule has 1 rings (SSSR count). The third kappa shape index (κ3) is 4.44. The molecule has 0 bridgehead atoms. The predicted octanol–water partition coefficient (Wildman–Crippen LogP) is 4.46. The molecule has 0 nitrogen and oxygen atoms in total. The summed E-state index contributed by atoms with van der Waals surface area (Å²) in [5.41, 5.74) is 4.22. The van der Waals surface area contributed by atoms with E-state index in [1.165, 1.54) is 42.1 Å². The highest BCUT2D eigenvalue weighted by molar-refractivity contribution is 7.68. The van der Waals surface area contributed by atoms with Gasteiger partial charge >= 0.3 is 0 Å². The molecule has 1 aromatic carbocycles. The maximum Gasteiger partial charge on any atom is -0.0214 e. The summed E-state index contributed by atoms with van der Waals surface area (Å²) < 4.78 is 0. The van der Waals surface area contributed by atoms with Gasteiger partial charge < -0.3 is 0 Å². The lowest BCUT2D eigenvalue weighted by molar-refractivity contribution is 0.801. The Morgan fingerprint density at radius 1 is 1.07 bits per heavy atom. The van der Waals surface area contributed by atoms with E-state index in [1.807, 2.05) is 0 Å². The van der Waals surface area contributed by atoms with Crippen LogP contribution in [0.4, 0.5) is 0 Å². The van der Waals surface area contributed by atoms with Crippen LogP contribution < -0.4 is 0 Å². The van der Waals surface area contributed by atoms with E-state index in [9.17, 15) is 0 Å². The molecule has 0 amide bonds. The molecule has 0 aliphatic heterocycles. The standard InChI is InChI=1S/C12H18ClP/c1-10-7-11(2)9-12(8-10)5-3-4-6-14-13/h7-9,14H,3-6H2,1-2H3. The molecule has 0 N–H and O–H groups in total. The van der Waals surface area contributed by atoms with Gasteiger partial charge in [-0.2, -0.15) is 0 Å². The number of benzene rings is 1. The zero-order valence-corrected chi connectivity index (χ0v) is 10.7. The molecule has 0 aromatic heterocycles. The van der Waals surface area contributed by atoms with Gasteiger partial charge in [0.25, 0.3) is 0 Å². The SMILES string of the molecule is Cc1cc(C)cc(CCCCPCl)c1. The van der Waals surface area contributed by atoms with Crippen molar-refractivity contribution in [2.45, 2.75) is 33.1 Å². The Morgan fingerprint density at radius 2 is 1.71 bits per heavy atom. The Hall–Kier alpha value is -0.0600. The minimum atomic E-state index is 0.593. The molecule has 78 valence electrons. The molecular weight excluding hydrogens is 211 g/mol. The highest BCUT2D eigenvalue weighted by Crippen LogP contribution is 2.18. The molecule has 0 radical (unpaired) electrons. The predicted molar refractivity (Wildman–Crippen MR) is 67.9 cm³/mol. The number of aryl methyl sites for hydroxylation is 3. The maximum absolute atomic E-state index is 5.66. The number of halogens is 1. The highest BCUT2D eigenvalue weighted by Gasteiger charge is 1.96. The average Bonchev–Trinajstić information content (AvgIpc) is 2.11. The fraction of sp³-hybridized carbons (Fsp3) is 0.500. The maximum atomic E-state index is 5.66. The lowest BCUT2D eigenvalue weighted by Crippen LogP contribution is -1.89. The van der Waals surface area contributed by atoms with Crippen molar-refractivity contribution in [1.29, 1.82) is 0 Å². The number of unbranched alkanes of at least 4 members (excludes halogenated alkanes) is 1. The second-order valence-corrected chi connectivity index (χ2v) is 5.41. The molecule has 0 fully saturated rings. The molecule has 0 saturated heterocycles. The van der Waals surface area contributed by atoms with Crippen molar-refractivity contribution in [3.8, 4) is 0 Å². The summed E-state index contributed by atoms with van der Waals surface area (Å²) in [5.74, 6) is 0. The first-order valence-corrected chi connectivity index (χ1v) is 7.35. The van der Waals surface area contributed by atoms with Crippen LogP contribution >= 0.6 is 19.2 Å². The lowest BCUT2D eigenvalue weighted by atomic mass is 10.0. The number of hydrogen-bond donors (Lipinski definition) is 0. The summed E-state index contributed by atoms with van der Waals surface area (Å²) >= 11 is 5.66. The van der Waals surface area contributed by atoms with Crippen LogP contribution in [0.1, 0.15) is 29.5 Å². The molecule has 0 spiro atoms. The molecule has 1 aromatic rings. The second kappa shape index (κ2) is 6.43. The smallest absolute Gasteiger partial charge is 0.0214 e. The Labute approximate surface area is 93.6 Å². The fourth-order valence-electron chi connectivity index (χ4n) is 1.73.